The van der Waals surface area contributed by atoms with Gasteiger partial charge in [0.25, 0.3) is 0 Å². The maximum absolute atomic E-state index is 11.2. The van der Waals surface area contributed by atoms with Gasteiger partial charge in [-0.25, -0.2) is 8.42 Å². The first-order valence-electron chi connectivity index (χ1n) is 4.87. The normalized spacial score (nSPS) is 22.1. The second-order valence-electron chi connectivity index (χ2n) is 3.38. The zero-order valence-electron chi connectivity index (χ0n) is 8.57. The zero-order valence-corrected chi connectivity index (χ0v) is 9.39. The number of rotatable bonds is 3. The minimum absolute atomic E-state index is 0.266. The number of hydrogen-bond donors (Lipinski definition) is 0. The van der Waals surface area contributed by atoms with Crippen LogP contribution in [0.15, 0.2) is 24.4 Å². The lowest BCUT2D eigenvalue weighted by molar-refractivity contribution is 0.379. The lowest BCUT2D eigenvalue weighted by Crippen LogP contribution is -2.39. The average Bonchev–Trinajstić information content (AvgIpc) is 2.15. The Labute approximate surface area is 86.0 Å². The Balaban J connectivity index is 2.65. The summed E-state index contributed by atoms with van der Waals surface area (Å²) in [5, 5.41) is 0. The predicted molar refractivity (Wildman–Crippen MR) is 58.8 cm³/mol. The number of hydrogen-bond acceptors (Lipinski definition) is 3. The summed E-state index contributed by atoms with van der Waals surface area (Å²) in [7, 11) is -2.78. The minimum Gasteiger partial charge on any atom is -0.370 e. The first-order chi connectivity index (χ1) is 6.59. The van der Waals surface area contributed by atoms with Gasteiger partial charge in [0, 0.05) is 18.8 Å². The Morgan fingerprint density at radius 2 is 2.00 bits per heavy atom. The van der Waals surface area contributed by atoms with Gasteiger partial charge in [-0.15, -0.1) is 0 Å². The lowest BCUT2D eigenvalue weighted by atomic mass is 10.3. The molecule has 14 heavy (non-hydrogen) atoms. The first kappa shape index (κ1) is 11.3. The van der Waals surface area contributed by atoms with Gasteiger partial charge in [0.05, 0.1) is 11.5 Å². The van der Waals surface area contributed by atoms with Crippen molar-refractivity contribution >= 4 is 9.84 Å². The molecule has 4 heteroatoms. The molecule has 0 aromatic carbocycles. The largest absolute Gasteiger partial charge is 0.370 e. The quantitative estimate of drug-likeness (QED) is 0.664. The van der Waals surface area contributed by atoms with E-state index < -0.39 is 9.84 Å². The van der Waals surface area contributed by atoms with E-state index in [0.29, 0.717) is 13.1 Å². The van der Waals surface area contributed by atoms with Gasteiger partial charge in [-0.2, -0.15) is 0 Å². The van der Waals surface area contributed by atoms with Crippen LogP contribution in [-0.2, 0) is 9.84 Å². The molecule has 0 aromatic rings. The first-order valence-corrected chi connectivity index (χ1v) is 6.69. The highest BCUT2D eigenvalue weighted by Crippen LogP contribution is 2.12. The molecule has 0 N–H and O–H groups in total. The summed E-state index contributed by atoms with van der Waals surface area (Å²) in [6, 6.07) is 0. The molecule has 0 radical (unpaired) electrons. The summed E-state index contributed by atoms with van der Waals surface area (Å²) in [5.41, 5.74) is 1.06. The van der Waals surface area contributed by atoms with Crippen LogP contribution in [0.25, 0.3) is 0 Å². The summed E-state index contributed by atoms with van der Waals surface area (Å²) in [5.74, 6) is 0.532. The van der Waals surface area contributed by atoms with E-state index in [1.807, 2.05) is 0 Å². The molecule has 3 nitrogen and oxygen atoms in total. The van der Waals surface area contributed by atoms with Crippen molar-refractivity contribution in [1.82, 2.24) is 4.90 Å². The monoisotopic (exact) mass is 215 g/mol. The van der Waals surface area contributed by atoms with Gasteiger partial charge >= 0.3 is 0 Å². The van der Waals surface area contributed by atoms with Gasteiger partial charge in [0.15, 0.2) is 9.84 Å². The van der Waals surface area contributed by atoms with Crippen LogP contribution in [0.2, 0.25) is 0 Å². The van der Waals surface area contributed by atoms with Crippen molar-refractivity contribution in [3.05, 3.63) is 24.4 Å². The Kier molecular flexibility index (Phi) is 3.75. The standard InChI is InChI=1S/C10H17NO2S/c1-3-5-10(4-2)11-6-8-14(12,13)9-7-11/h4-5H,2-3,6-9H2,1H3. The third-order valence-corrected chi connectivity index (χ3v) is 3.94. The van der Waals surface area contributed by atoms with E-state index in [-0.39, 0.29) is 11.5 Å². The predicted octanol–water partition coefficient (Wildman–Crippen LogP) is 1.20. The number of allylic oxidation sites excluding steroid dienone is 2. The van der Waals surface area contributed by atoms with E-state index in [4.69, 9.17) is 0 Å². The number of nitrogens with zero attached hydrogens (tertiary/aromatic N) is 1. The molecule has 1 fully saturated rings. The van der Waals surface area contributed by atoms with Crippen LogP contribution in [0.1, 0.15) is 13.3 Å². The smallest absolute Gasteiger partial charge is 0.153 e. The Morgan fingerprint density at radius 1 is 1.43 bits per heavy atom. The maximum Gasteiger partial charge on any atom is 0.153 e. The van der Waals surface area contributed by atoms with E-state index in [1.165, 1.54) is 0 Å². The third-order valence-electron chi connectivity index (χ3n) is 2.33. The van der Waals surface area contributed by atoms with Gasteiger partial charge in [0.2, 0.25) is 0 Å². The fourth-order valence-electron chi connectivity index (χ4n) is 1.52. The Hall–Kier alpha value is -0.770. The van der Waals surface area contributed by atoms with Gasteiger partial charge in [0.1, 0.15) is 0 Å². The second-order valence-corrected chi connectivity index (χ2v) is 5.68. The molecule has 0 atom stereocenters. The van der Waals surface area contributed by atoms with Crippen LogP contribution in [0.4, 0.5) is 0 Å². The van der Waals surface area contributed by atoms with Gasteiger partial charge in [-0.3, -0.25) is 0 Å². The fraction of sp³-hybridized carbons (Fsp3) is 0.600. The molecule has 1 heterocycles. The molecule has 0 saturated carbocycles. The van der Waals surface area contributed by atoms with Crippen LogP contribution in [0.3, 0.4) is 0 Å². The van der Waals surface area contributed by atoms with Crippen LogP contribution in [0.5, 0.6) is 0 Å². The summed E-state index contributed by atoms with van der Waals surface area (Å²) >= 11 is 0. The molecule has 0 bridgehead atoms. The van der Waals surface area contributed by atoms with Crippen molar-refractivity contribution in [2.24, 2.45) is 0 Å². The average molecular weight is 215 g/mol. The summed E-state index contributed by atoms with van der Waals surface area (Å²) in [6.45, 7) is 6.99. The van der Waals surface area contributed by atoms with E-state index in [9.17, 15) is 8.42 Å². The topological polar surface area (TPSA) is 37.4 Å². The second kappa shape index (κ2) is 4.64. The van der Waals surface area contributed by atoms with E-state index in [0.717, 1.165) is 12.1 Å². The summed E-state index contributed by atoms with van der Waals surface area (Å²) < 4.78 is 22.4. The van der Waals surface area contributed by atoms with Crippen LogP contribution in [-0.4, -0.2) is 37.9 Å². The molecule has 1 aliphatic heterocycles. The molecule has 0 unspecified atom stereocenters. The van der Waals surface area contributed by atoms with E-state index >= 15 is 0 Å². The molecule has 80 valence electrons. The molecular weight excluding hydrogens is 198 g/mol. The molecule has 0 aliphatic carbocycles. The number of sulfone groups is 1. The van der Waals surface area contributed by atoms with Crippen molar-refractivity contribution < 1.29 is 8.42 Å². The van der Waals surface area contributed by atoms with E-state index in [1.54, 1.807) is 6.08 Å². The van der Waals surface area contributed by atoms with Gasteiger partial charge in [-0.05, 0) is 12.5 Å². The van der Waals surface area contributed by atoms with Crippen LogP contribution >= 0.6 is 0 Å². The molecule has 1 aliphatic rings. The van der Waals surface area contributed by atoms with Gasteiger partial charge in [-0.1, -0.05) is 19.6 Å². The van der Waals surface area contributed by atoms with E-state index in [2.05, 4.69) is 24.5 Å². The van der Waals surface area contributed by atoms with Gasteiger partial charge < -0.3 is 4.90 Å². The van der Waals surface area contributed by atoms with Crippen LogP contribution < -0.4 is 0 Å². The van der Waals surface area contributed by atoms with Crippen LogP contribution in [0, 0.1) is 0 Å². The molecule has 0 aromatic heterocycles. The third kappa shape index (κ3) is 2.87. The Bertz CT molecular complexity index is 316. The van der Waals surface area contributed by atoms with Crippen molar-refractivity contribution in [3.8, 4) is 0 Å². The maximum atomic E-state index is 11.2. The highest BCUT2D eigenvalue weighted by molar-refractivity contribution is 7.91. The lowest BCUT2D eigenvalue weighted by Gasteiger charge is -2.29. The van der Waals surface area contributed by atoms with Crippen molar-refractivity contribution in [2.45, 2.75) is 13.3 Å². The summed E-state index contributed by atoms with van der Waals surface area (Å²) in [4.78, 5) is 2.08. The molecule has 0 amide bonds. The minimum atomic E-state index is -2.78. The van der Waals surface area contributed by atoms with Crippen molar-refractivity contribution in [2.75, 3.05) is 24.6 Å². The highest BCUT2D eigenvalue weighted by Gasteiger charge is 2.21. The fourth-order valence-corrected chi connectivity index (χ4v) is 2.72. The highest BCUT2D eigenvalue weighted by atomic mass is 32.2. The zero-order chi connectivity index (χ0) is 10.6. The molecule has 1 rings (SSSR count). The Morgan fingerprint density at radius 3 is 2.43 bits per heavy atom. The molecule has 0 spiro atoms. The molecule has 1 saturated heterocycles. The van der Waals surface area contributed by atoms with Crippen molar-refractivity contribution in [3.63, 3.8) is 0 Å². The summed E-state index contributed by atoms with van der Waals surface area (Å²) in [6.07, 6.45) is 4.82. The molecular formula is C10H17NO2S. The SMILES string of the molecule is C=CC(=CCC)N1CCS(=O)(=O)CC1. The van der Waals surface area contributed by atoms with Crippen molar-refractivity contribution in [1.29, 1.82) is 0 Å².